The molecule has 1 atom stereocenters. The number of nitrogens with one attached hydrogen (secondary N) is 1. The standard InChI is InChI=1S/C9H17N3O2/c1-12-8(3-5-11-12)2-4-10-6-9(14)7-13/h3,5,9-10,13-14H,2,4,6-7H2,1H3. The highest BCUT2D eigenvalue weighted by Gasteiger charge is 2.01. The molecule has 0 amide bonds. The molecule has 1 heterocycles. The van der Waals surface area contributed by atoms with E-state index in [1.165, 1.54) is 0 Å². The predicted octanol–water partition coefficient (Wildman–Crippen LogP) is -1.09. The minimum Gasteiger partial charge on any atom is -0.394 e. The van der Waals surface area contributed by atoms with E-state index in [2.05, 4.69) is 10.4 Å². The van der Waals surface area contributed by atoms with E-state index >= 15 is 0 Å². The normalized spacial score (nSPS) is 13.1. The largest absolute Gasteiger partial charge is 0.394 e. The lowest BCUT2D eigenvalue weighted by Gasteiger charge is -2.08. The van der Waals surface area contributed by atoms with Crippen molar-refractivity contribution in [2.24, 2.45) is 7.05 Å². The van der Waals surface area contributed by atoms with E-state index < -0.39 is 6.10 Å². The molecular weight excluding hydrogens is 182 g/mol. The summed E-state index contributed by atoms with van der Waals surface area (Å²) in [5.41, 5.74) is 1.15. The second-order valence-corrected chi connectivity index (χ2v) is 3.24. The molecule has 0 fully saturated rings. The Bertz CT molecular complexity index is 262. The number of aryl methyl sites for hydroxylation is 1. The summed E-state index contributed by atoms with van der Waals surface area (Å²) in [4.78, 5) is 0. The summed E-state index contributed by atoms with van der Waals surface area (Å²) in [6.45, 7) is 1.00. The van der Waals surface area contributed by atoms with Gasteiger partial charge in [-0.25, -0.2) is 0 Å². The van der Waals surface area contributed by atoms with Gasteiger partial charge in [0.15, 0.2) is 0 Å². The number of hydrogen-bond donors (Lipinski definition) is 3. The maximum absolute atomic E-state index is 9.04. The second-order valence-electron chi connectivity index (χ2n) is 3.24. The molecule has 5 heteroatoms. The van der Waals surface area contributed by atoms with E-state index in [1.54, 1.807) is 6.20 Å². The third-order valence-electron chi connectivity index (χ3n) is 2.07. The number of aromatic nitrogens is 2. The molecule has 0 radical (unpaired) electrons. The fourth-order valence-corrected chi connectivity index (χ4v) is 1.20. The maximum atomic E-state index is 9.04. The summed E-state index contributed by atoms with van der Waals surface area (Å²) in [7, 11) is 1.90. The summed E-state index contributed by atoms with van der Waals surface area (Å²) in [6, 6.07) is 1.96. The Balaban J connectivity index is 2.13. The molecule has 0 aliphatic heterocycles. The van der Waals surface area contributed by atoms with Crippen LogP contribution in [0.15, 0.2) is 12.3 Å². The van der Waals surface area contributed by atoms with Crippen molar-refractivity contribution in [1.29, 1.82) is 0 Å². The van der Waals surface area contributed by atoms with Crippen LogP contribution in [0, 0.1) is 0 Å². The van der Waals surface area contributed by atoms with Crippen molar-refractivity contribution in [3.63, 3.8) is 0 Å². The van der Waals surface area contributed by atoms with Crippen LogP contribution in [0.4, 0.5) is 0 Å². The zero-order chi connectivity index (χ0) is 10.4. The zero-order valence-corrected chi connectivity index (χ0v) is 8.35. The van der Waals surface area contributed by atoms with E-state index in [-0.39, 0.29) is 6.61 Å². The molecule has 5 nitrogen and oxygen atoms in total. The van der Waals surface area contributed by atoms with E-state index in [9.17, 15) is 0 Å². The van der Waals surface area contributed by atoms with Gasteiger partial charge in [-0.05, 0) is 6.07 Å². The molecule has 1 aromatic heterocycles. The second kappa shape index (κ2) is 5.74. The highest BCUT2D eigenvalue weighted by molar-refractivity contribution is 5.00. The number of hydrogen-bond acceptors (Lipinski definition) is 4. The Kier molecular flexibility index (Phi) is 4.58. The van der Waals surface area contributed by atoms with Crippen molar-refractivity contribution in [1.82, 2.24) is 15.1 Å². The Morgan fingerprint density at radius 3 is 3.00 bits per heavy atom. The summed E-state index contributed by atoms with van der Waals surface area (Å²) in [5.74, 6) is 0. The Hall–Kier alpha value is -0.910. The Morgan fingerprint density at radius 1 is 1.64 bits per heavy atom. The molecule has 0 spiro atoms. The van der Waals surface area contributed by atoms with Crippen LogP contribution < -0.4 is 5.32 Å². The van der Waals surface area contributed by atoms with Gasteiger partial charge >= 0.3 is 0 Å². The van der Waals surface area contributed by atoms with Crippen molar-refractivity contribution in [2.75, 3.05) is 19.7 Å². The number of aliphatic hydroxyl groups is 2. The highest BCUT2D eigenvalue weighted by Crippen LogP contribution is 1.95. The number of nitrogens with zero attached hydrogens (tertiary/aromatic N) is 2. The molecule has 0 aliphatic carbocycles. The van der Waals surface area contributed by atoms with Crippen LogP contribution in [0.1, 0.15) is 5.69 Å². The van der Waals surface area contributed by atoms with Gasteiger partial charge in [0.25, 0.3) is 0 Å². The minimum absolute atomic E-state index is 0.196. The molecule has 0 aliphatic rings. The summed E-state index contributed by atoms with van der Waals surface area (Å²) in [6.07, 6.45) is 1.97. The van der Waals surface area contributed by atoms with E-state index in [0.717, 1.165) is 18.7 Å². The average Bonchev–Trinajstić information content (AvgIpc) is 2.58. The molecule has 3 N–H and O–H groups in total. The lowest BCUT2D eigenvalue weighted by Crippen LogP contribution is -2.30. The first-order chi connectivity index (χ1) is 6.74. The molecule has 80 valence electrons. The SMILES string of the molecule is Cn1nccc1CCNCC(O)CO. The molecule has 1 rings (SSSR count). The lowest BCUT2D eigenvalue weighted by molar-refractivity contribution is 0.0947. The Labute approximate surface area is 83.4 Å². The van der Waals surface area contributed by atoms with Crippen LogP contribution >= 0.6 is 0 Å². The van der Waals surface area contributed by atoms with Gasteiger partial charge in [0, 0.05) is 38.4 Å². The predicted molar refractivity (Wildman–Crippen MR) is 52.9 cm³/mol. The van der Waals surface area contributed by atoms with Gasteiger partial charge in [0.05, 0.1) is 12.7 Å². The minimum atomic E-state index is -0.665. The van der Waals surface area contributed by atoms with Crippen LogP contribution in [-0.4, -0.2) is 45.8 Å². The summed E-state index contributed by atoms with van der Waals surface area (Å²) in [5, 5.41) is 24.7. The van der Waals surface area contributed by atoms with Crippen LogP contribution in [0.5, 0.6) is 0 Å². The third kappa shape index (κ3) is 3.45. The van der Waals surface area contributed by atoms with Crippen molar-refractivity contribution in [3.05, 3.63) is 18.0 Å². The van der Waals surface area contributed by atoms with Gasteiger partial charge in [-0.15, -0.1) is 0 Å². The van der Waals surface area contributed by atoms with E-state index in [0.29, 0.717) is 6.54 Å². The number of rotatable bonds is 6. The molecule has 14 heavy (non-hydrogen) atoms. The van der Waals surface area contributed by atoms with Crippen molar-refractivity contribution >= 4 is 0 Å². The molecule has 0 saturated carbocycles. The first-order valence-corrected chi connectivity index (χ1v) is 4.70. The average molecular weight is 199 g/mol. The monoisotopic (exact) mass is 199 g/mol. The topological polar surface area (TPSA) is 70.3 Å². The van der Waals surface area contributed by atoms with Crippen LogP contribution in [-0.2, 0) is 13.5 Å². The molecule has 0 saturated heterocycles. The smallest absolute Gasteiger partial charge is 0.0894 e. The first kappa shape index (κ1) is 11.2. The van der Waals surface area contributed by atoms with E-state index in [1.807, 2.05) is 17.8 Å². The van der Waals surface area contributed by atoms with Gasteiger partial charge in [0.1, 0.15) is 0 Å². The fraction of sp³-hybridized carbons (Fsp3) is 0.667. The Morgan fingerprint density at radius 2 is 2.43 bits per heavy atom. The fourth-order valence-electron chi connectivity index (χ4n) is 1.20. The lowest BCUT2D eigenvalue weighted by atomic mass is 10.3. The van der Waals surface area contributed by atoms with E-state index in [4.69, 9.17) is 10.2 Å². The van der Waals surface area contributed by atoms with Crippen LogP contribution in [0.2, 0.25) is 0 Å². The third-order valence-corrected chi connectivity index (χ3v) is 2.07. The van der Waals surface area contributed by atoms with Crippen molar-refractivity contribution < 1.29 is 10.2 Å². The van der Waals surface area contributed by atoms with Crippen molar-refractivity contribution in [2.45, 2.75) is 12.5 Å². The van der Waals surface area contributed by atoms with Gasteiger partial charge in [-0.2, -0.15) is 5.10 Å². The molecule has 1 unspecified atom stereocenters. The molecule has 1 aromatic rings. The summed E-state index contributed by atoms with van der Waals surface area (Å²) < 4.78 is 1.82. The molecule has 0 aromatic carbocycles. The quantitative estimate of drug-likeness (QED) is 0.509. The number of aliphatic hydroxyl groups excluding tert-OH is 2. The van der Waals surface area contributed by atoms with Crippen LogP contribution in [0.3, 0.4) is 0 Å². The molecular formula is C9H17N3O2. The first-order valence-electron chi connectivity index (χ1n) is 4.70. The molecule has 0 bridgehead atoms. The highest BCUT2D eigenvalue weighted by atomic mass is 16.3. The summed E-state index contributed by atoms with van der Waals surface area (Å²) >= 11 is 0. The van der Waals surface area contributed by atoms with Gasteiger partial charge in [-0.3, -0.25) is 4.68 Å². The van der Waals surface area contributed by atoms with Crippen LogP contribution in [0.25, 0.3) is 0 Å². The van der Waals surface area contributed by atoms with Gasteiger partial charge in [-0.1, -0.05) is 0 Å². The van der Waals surface area contributed by atoms with Gasteiger partial charge < -0.3 is 15.5 Å². The maximum Gasteiger partial charge on any atom is 0.0894 e. The van der Waals surface area contributed by atoms with Gasteiger partial charge in [0.2, 0.25) is 0 Å². The zero-order valence-electron chi connectivity index (χ0n) is 8.35. The van der Waals surface area contributed by atoms with Crippen molar-refractivity contribution in [3.8, 4) is 0 Å².